The lowest BCUT2D eigenvalue weighted by Gasteiger charge is -2.37. The van der Waals surface area contributed by atoms with Crippen LogP contribution in [0.1, 0.15) is 32.3 Å². The minimum atomic E-state index is -0.151. The van der Waals surface area contributed by atoms with Gasteiger partial charge in [0.15, 0.2) is 0 Å². The smallest absolute Gasteiger partial charge is 0.248 e. The molecular formula is C37H45N9O. The summed E-state index contributed by atoms with van der Waals surface area (Å²) in [5.74, 6) is 2.68. The highest BCUT2D eigenvalue weighted by Crippen LogP contribution is 2.32. The summed E-state index contributed by atoms with van der Waals surface area (Å²) >= 11 is 0. The van der Waals surface area contributed by atoms with Crippen LogP contribution in [0.15, 0.2) is 100 Å². The van der Waals surface area contributed by atoms with Gasteiger partial charge in [-0.05, 0) is 67.6 Å². The van der Waals surface area contributed by atoms with Crippen molar-refractivity contribution in [1.82, 2.24) is 25.0 Å². The molecule has 10 heteroatoms. The fraction of sp³-hybridized carbons (Fsp3) is 0.351. The maximum atomic E-state index is 12.5. The summed E-state index contributed by atoms with van der Waals surface area (Å²) in [6, 6.07) is 16.5. The summed E-state index contributed by atoms with van der Waals surface area (Å²) in [5.41, 5.74) is 11.2. The minimum Gasteiger partial charge on any atom is -0.351 e. The summed E-state index contributed by atoms with van der Waals surface area (Å²) in [5, 5.41) is 8.67. The predicted octanol–water partition coefficient (Wildman–Crippen LogP) is 4.94. The molecule has 0 atom stereocenters. The Hall–Kier alpha value is -4.80. The Kier molecular flexibility index (Phi) is 9.79. The van der Waals surface area contributed by atoms with Crippen LogP contribution in [0.25, 0.3) is 22.0 Å². The summed E-state index contributed by atoms with van der Waals surface area (Å²) in [4.78, 5) is 33.9. The molecule has 1 aromatic heterocycles. The second kappa shape index (κ2) is 14.3. The Morgan fingerprint density at radius 3 is 2.70 bits per heavy atom. The highest BCUT2D eigenvalue weighted by Gasteiger charge is 2.30. The molecule has 4 heterocycles. The highest BCUT2D eigenvalue weighted by atomic mass is 16.1. The zero-order valence-electron chi connectivity index (χ0n) is 27.8. The number of pyridine rings is 1. The summed E-state index contributed by atoms with van der Waals surface area (Å²) in [6.07, 6.45) is 11.5. The lowest BCUT2D eigenvalue weighted by atomic mass is 9.99. The molecule has 1 fully saturated rings. The zero-order valence-corrected chi connectivity index (χ0v) is 27.8. The number of guanidine groups is 2. The third-order valence-corrected chi connectivity index (χ3v) is 8.69. The van der Waals surface area contributed by atoms with E-state index in [9.17, 15) is 4.79 Å². The van der Waals surface area contributed by atoms with Crippen LogP contribution in [0.3, 0.4) is 0 Å². The van der Waals surface area contributed by atoms with Gasteiger partial charge in [0.05, 0.1) is 5.69 Å². The molecule has 244 valence electrons. The van der Waals surface area contributed by atoms with Crippen LogP contribution < -0.4 is 16.4 Å². The van der Waals surface area contributed by atoms with Crippen molar-refractivity contribution in [3.05, 3.63) is 96.0 Å². The van der Waals surface area contributed by atoms with E-state index in [1.54, 1.807) is 6.08 Å². The normalized spacial score (nSPS) is 17.1. The van der Waals surface area contributed by atoms with Crippen molar-refractivity contribution in [2.75, 3.05) is 45.6 Å². The molecular weight excluding hydrogens is 586 g/mol. The minimum absolute atomic E-state index is 0.151. The monoisotopic (exact) mass is 631 g/mol. The van der Waals surface area contributed by atoms with Gasteiger partial charge in [0.25, 0.3) is 0 Å². The lowest BCUT2D eigenvalue weighted by Crippen LogP contribution is -2.49. The number of anilines is 1. The maximum Gasteiger partial charge on any atom is 0.248 e. The van der Waals surface area contributed by atoms with E-state index in [0.717, 1.165) is 77.0 Å². The van der Waals surface area contributed by atoms with Gasteiger partial charge in [0.2, 0.25) is 17.8 Å². The van der Waals surface area contributed by atoms with E-state index in [0.29, 0.717) is 25.6 Å². The first-order valence-corrected chi connectivity index (χ1v) is 16.5. The molecule has 0 saturated carbocycles. The molecule has 0 unspecified atom stereocenters. The Morgan fingerprint density at radius 1 is 1.11 bits per heavy atom. The third kappa shape index (κ3) is 7.45. The van der Waals surface area contributed by atoms with Gasteiger partial charge in [0.1, 0.15) is 5.82 Å². The molecule has 47 heavy (non-hydrogen) atoms. The van der Waals surface area contributed by atoms with Crippen LogP contribution in [0, 0.1) is 5.92 Å². The van der Waals surface area contributed by atoms with Gasteiger partial charge in [0, 0.05) is 67.7 Å². The first kappa shape index (κ1) is 32.2. The number of hydrogen-bond acceptors (Lipinski definition) is 9. The number of hydrogen-bond donors (Lipinski definition) is 3. The number of likely N-dealkylation sites (tertiary alicyclic amines) is 1. The lowest BCUT2D eigenvalue weighted by molar-refractivity contribution is -0.111. The molecule has 1 saturated heterocycles. The van der Waals surface area contributed by atoms with Crippen molar-refractivity contribution in [2.24, 2.45) is 21.6 Å². The van der Waals surface area contributed by atoms with E-state index in [-0.39, 0.29) is 11.9 Å². The predicted molar refractivity (Wildman–Crippen MR) is 192 cm³/mol. The number of piperidine rings is 1. The van der Waals surface area contributed by atoms with Gasteiger partial charge in [-0.25, -0.2) is 0 Å². The summed E-state index contributed by atoms with van der Waals surface area (Å²) in [6.45, 7) is 8.08. The number of aromatic nitrogens is 1. The van der Waals surface area contributed by atoms with Gasteiger partial charge in [-0.1, -0.05) is 62.4 Å². The Bertz CT molecular complexity index is 1780. The summed E-state index contributed by atoms with van der Waals surface area (Å²) in [7, 11) is 3.93. The number of amides is 1. The number of nitrogens with one attached hydrogen (secondary N) is 2. The van der Waals surface area contributed by atoms with Crippen LogP contribution in [0.2, 0.25) is 0 Å². The van der Waals surface area contributed by atoms with E-state index >= 15 is 0 Å². The van der Waals surface area contributed by atoms with Crippen molar-refractivity contribution in [2.45, 2.75) is 39.3 Å². The number of nitrogens with zero attached hydrogens (tertiary/aromatic N) is 6. The number of nitrogens with two attached hydrogens (primary N) is 1. The number of benzene rings is 2. The highest BCUT2D eigenvalue weighted by molar-refractivity contribution is 6.03. The molecule has 1 amide bonds. The molecule has 2 aromatic carbocycles. The maximum absolute atomic E-state index is 12.5. The Labute approximate surface area is 277 Å². The standard InChI is InChI=1S/C37H45N9O/c1-25(2)30-11-7-20-46-35(30)42-37(45-21-16-28(38)17-22-45)43-36(46)40-24-27-9-5-6-10-31(27)34-32-14-13-29(23-26(32)15-18-39-34)41-33(47)12-8-19-44(3)4/h5-15,18,23,25,28H,16-17,19-22,24,38H2,1-4H3,(H,41,47)(H,40,42,43)/b12-8+. The zero-order chi connectivity index (χ0) is 32.9. The van der Waals surface area contributed by atoms with E-state index < -0.39 is 0 Å². The number of rotatable bonds is 8. The molecule has 0 bridgehead atoms. The quantitative estimate of drug-likeness (QED) is 0.302. The second-order valence-corrected chi connectivity index (χ2v) is 12.9. The van der Waals surface area contributed by atoms with Crippen LogP contribution in [0.4, 0.5) is 5.69 Å². The molecule has 4 N–H and O–H groups in total. The average Bonchev–Trinajstić information content (AvgIpc) is 3.06. The van der Waals surface area contributed by atoms with Crippen molar-refractivity contribution < 1.29 is 4.79 Å². The van der Waals surface area contributed by atoms with Gasteiger partial charge >= 0.3 is 0 Å². The second-order valence-electron chi connectivity index (χ2n) is 12.9. The summed E-state index contributed by atoms with van der Waals surface area (Å²) < 4.78 is 0. The third-order valence-electron chi connectivity index (χ3n) is 8.69. The largest absolute Gasteiger partial charge is 0.351 e. The first-order valence-electron chi connectivity index (χ1n) is 16.5. The van der Waals surface area contributed by atoms with Crippen molar-refractivity contribution in [1.29, 1.82) is 0 Å². The van der Waals surface area contributed by atoms with Crippen molar-refractivity contribution in [3.8, 4) is 11.3 Å². The number of aliphatic imine (C=N–C) groups is 2. The van der Waals surface area contributed by atoms with E-state index in [1.165, 1.54) is 5.57 Å². The van der Waals surface area contributed by atoms with Gasteiger partial charge in [-0.2, -0.15) is 9.98 Å². The molecule has 3 aliphatic rings. The van der Waals surface area contributed by atoms with Gasteiger partial charge < -0.3 is 26.2 Å². The van der Waals surface area contributed by atoms with Crippen molar-refractivity contribution >= 4 is 34.3 Å². The van der Waals surface area contributed by atoms with Gasteiger partial charge in [-0.3, -0.25) is 14.7 Å². The van der Waals surface area contributed by atoms with Crippen LogP contribution >= 0.6 is 0 Å². The molecule has 6 rings (SSSR count). The Balaban J connectivity index is 1.26. The molecule has 3 aliphatic heterocycles. The molecule has 10 nitrogen and oxygen atoms in total. The van der Waals surface area contributed by atoms with Crippen LogP contribution in [-0.2, 0) is 11.3 Å². The fourth-order valence-corrected chi connectivity index (χ4v) is 6.12. The number of carbonyl (C=O) groups excluding carboxylic acids is 1. The topological polar surface area (TPSA) is 114 Å². The van der Waals surface area contributed by atoms with E-state index in [2.05, 4.69) is 64.6 Å². The molecule has 0 radical (unpaired) electrons. The Morgan fingerprint density at radius 2 is 1.91 bits per heavy atom. The van der Waals surface area contributed by atoms with E-state index in [4.69, 9.17) is 20.7 Å². The van der Waals surface area contributed by atoms with Crippen LogP contribution in [-0.4, -0.2) is 83.8 Å². The molecule has 0 aliphatic carbocycles. The molecule has 0 spiro atoms. The average molecular weight is 632 g/mol. The molecule has 3 aromatic rings. The number of allylic oxidation sites excluding steroid dienone is 2. The van der Waals surface area contributed by atoms with Crippen molar-refractivity contribution in [3.63, 3.8) is 0 Å². The fourth-order valence-electron chi connectivity index (χ4n) is 6.12. The van der Waals surface area contributed by atoms with Gasteiger partial charge in [-0.15, -0.1) is 0 Å². The van der Waals surface area contributed by atoms with Crippen LogP contribution in [0.5, 0.6) is 0 Å². The SMILES string of the molecule is CC(C)C1=C2N=C(N3CCC(N)CC3)N=C(NCc3ccccc3-c3nccc4cc(NC(=O)/C=C/CN(C)C)ccc34)N2CC=C1. The number of carbonyl (C=O) groups is 1. The van der Waals surface area contributed by atoms with E-state index in [1.807, 2.05) is 61.6 Å². The first-order chi connectivity index (χ1) is 22.8. The number of likely N-dealkylation sites (N-methyl/N-ethyl adjacent to an activating group) is 1. The number of fused-ring (bicyclic) bond motifs is 2.